The Morgan fingerprint density at radius 1 is 0.806 bits per heavy atom. The van der Waals surface area contributed by atoms with Gasteiger partial charge in [-0.25, -0.2) is 4.98 Å². The summed E-state index contributed by atoms with van der Waals surface area (Å²) in [5.41, 5.74) is 3.53. The molecule has 0 saturated heterocycles. The summed E-state index contributed by atoms with van der Waals surface area (Å²) in [4.78, 5) is 33.3. The molecule has 0 radical (unpaired) electrons. The highest BCUT2D eigenvalue weighted by molar-refractivity contribution is 5.99. The molecule has 0 saturated carbocycles. The van der Waals surface area contributed by atoms with Crippen LogP contribution in [0.2, 0.25) is 0 Å². The van der Waals surface area contributed by atoms with Crippen LogP contribution in [0.1, 0.15) is 16.1 Å². The molecule has 9 nitrogen and oxygen atoms in total. The van der Waals surface area contributed by atoms with Crippen molar-refractivity contribution in [1.82, 2.24) is 15.3 Å². The van der Waals surface area contributed by atoms with Crippen LogP contribution >= 0.6 is 0 Å². The van der Waals surface area contributed by atoms with Crippen molar-refractivity contribution in [2.24, 2.45) is 0 Å². The molecule has 2 amide bonds. The average Bonchev–Trinajstić information content (AvgIpc) is 2.89. The molecule has 1 aromatic heterocycles. The van der Waals surface area contributed by atoms with Crippen molar-refractivity contribution in [3.63, 3.8) is 0 Å². The van der Waals surface area contributed by atoms with Crippen LogP contribution in [0.25, 0.3) is 0 Å². The Hall–Kier alpha value is -4.92. The minimum Gasteiger partial charge on any atom is -0.497 e. The molecular formula is C27H26N6O3. The van der Waals surface area contributed by atoms with Crippen molar-refractivity contribution < 1.29 is 14.3 Å². The van der Waals surface area contributed by atoms with Crippen LogP contribution in [0.3, 0.4) is 0 Å². The second-order valence-corrected chi connectivity index (χ2v) is 7.87. The molecule has 0 aliphatic heterocycles. The molecule has 9 heteroatoms. The Kier molecular flexibility index (Phi) is 7.72. The Balaban J connectivity index is 1.32. The molecule has 36 heavy (non-hydrogen) atoms. The summed E-state index contributed by atoms with van der Waals surface area (Å²) in [6, 6.07) is 25.3. The highest BCUT2D eigenvalue weighted by Gasteiger charge is 2.08. The number of nitrogens with zero attached hydrogens (tertiary/aromatic N) is 2. The van der Waals surface area contributed by atoms with Crippen LogP contribution in [-0.4, -0.2) is 35.4 Å². The maximum Gasteiger partial charge on any atom is 0.251 e. The molecule has 0 unspecified atom stereocenters. The molecular weight excluding hydrogens is 456 g/mol. The third-order valence-electron chi connectivity index (χ3n) is 5.09. The van der Waals surface area contributed by atoms with Crippen LogP contribution in [0.5, 0.6) is 5.75 Å². The molecule has 0 aliphatic carbocycles. The lowest BCUT2D eigenvalue weighted by Gasteiger charge is -2.11. The normalized spacial score (nSPS) is 10.3. The van der Waals surface area contributed by atoms with Crippen LogP contribution < -0.4 is 26.0 Å². The van der Waals surface area contributed by atoms with Gasteiger partial charge in [-0.2, -0.15) is 4.98 Å². The van der Waals surface area contributed by atoms with E-state index >= 15 is 0 Å². The molecule has 0 fully saturated rings. The van der Waals surface area contributed by atoms with Crippen molar-refractivity contribution in [2.75, 3.05) is 29.6 Å². The first-order valence-corrected chi connectivity index (χ1v) is 11.3. The quantitative estimate of drug-likeness (QED) is 0.274. The van der Waals surface area contributed by atoms with Crippen molar-refractivity contribution >= 4 is 40.6 Å². The number of nitrogens with one attached hydrogen (secondary N) is 4. The molecule has 0 atom stereocenters. The largest absolute Gasteiger partial charge is 0.497 e. The van der Waals surface area contributed by atoms with Crippen molar-refractivity contribution in [3.8, 4) is 5.75 Å². The van der Waals surface area contributed by atoms with Crippen molar-refractivity contribution in [3.05, 3.63) is 96.2 Å². The van der Waals surface area contributed by atoms with Gasteiger partial charge in [-0.15, -0.1) is 0 Å². The SMILES string of the molecule is COc1ccc(Nc2cc(C)nc(Nc3ccc(NC(=O)CNC(=O)c4ccccc4)cc3)n2)cc1. The summed E-state index contributed by atoms with van der Waals surface area (Å²) in [6.07, 6.45) is 0. The van der Waals surface area contributed by atoms with Crippen LogP contribution in [-0.2, 0) is 4.79 Å². The highest BCUT2D eigenvalue weighted by atomic mass is 16.5. The number of hydrogen-bond donors (Lipinski definition) is 4. The van der Waals surface area contributed by atoms with E-state index in [0.29, 0.717) is 23.0 Å². The van der Waals surface area contributed by atoms with Gasteiger partial charge in [-0.1, -0.05) is 18.2 Å². The fraction of sp³-hybridized carbons (Fsp3) is 0.111. The molecule has 0 aliphatic rings. The number of aromatic nitrogens is 2. The maximum absolute atomic E-state index is 12.2. The second kappa shape index (κ2) is 11.5. The number of ether oxygens (including phenoxy) is 1. The molecule has 4 aromatic rings. The summed E-state index contributed by atoms with van der Waals surface area (Å²) in [5, 5.41) is 11.8. The van der Waals surface area contributed by atoms with E-state index in [4.69, 9.17) is 4.74 Å². The minimum atomic E-state index is -0.323. The lowest BCUT2D eigenvalue weighted by atomic mass is 10.2. The Labute approximate surface area is 209 Å². The van der Waals surface area contributed by atoms with Gasteiger partial charge in [-0.3, -0.25) is 9.59 Å². The first-order chi connectivity index (χ1) is 17.5. The maximum atomic E-state index is 12.2. The minimum absolute atomic E-state index is 0.130. The average molecular weight is 483 g/mol. The fourth-order valence-corrected chi connectivity index (χ4v) is 3.33. The lowest BCUT2D eigenvalue weighted by Crippen LogP contribution is -2.32. The number of carbonyl (C=O) groups excluding carboxylic acids is 2. The lowest BCUT2D eigenvalue weighted by molar-refractivity contribution is -0.115. The van der Waals surface area contributed by atoms with Crippen LogP contribution in [0.15, 0.2) is 84.9 Å². The zero-order chi connectivity index (χ0) is 25.3. The van der Waals surface area contributed by atoms with E-state index < -0.39 is 0 Å². The number of hydrogen-bond acceptors (Lipinski definition) is 7. The topological polar surface area (TPSA) is 117 Å². The molecule has 1 heterocycles. The van der Waals surface area contributed by atoms with Crippen LogP contribution in [0.4, 0.5) is 28.8 Å². The van der Waals surface area contributed by atoms with Crippen molar-refractivity contribution in [2.45, 2.75) is 6.92 Å². The predicted molar refractivity (Wildman–Crippen MR) is 140 cm³/mol. The number of aryl methyl sites for hydroxylation is 1. The number of methoxy groups -OCH3 is 1. The third kappa shape index (κ3) is 6.80. The van der Waals surface area contributed by atoms with Gasteiger partial charge in [0.25, 0.3) is 5.91 Å². The summed E-state index contributed by atoms with van der Waals surface area (Å²) in [6.45, 7) is 1.76. The zero-order valence-electron chi connectivity index (χ0n) is 19.9. The van der Waals surface area contributed by atoms with E-state index in [9.17, 15) is 9.59 Å². The summed E-state index contributed by atoms with van der Waals surface area (Å²) in [7, 11) is 1.63. The summed E-state index contributed by atoms with van der Waals surface area (Å²) in [5.74, 6) is 1.24. The van der Waals surface area contributed by atoms with Crippen molar-refractivity contribution in [1.29, 1.82) is 0 Å². The summed E-state index contributed by atoms with van der Waals surface area (Å²) < 4.78 is 5.19. The Morgan fingerprint density at radius 3 is 2.14 bits per heavy atom. The monoisotopic (exact) mass is 482 g/mol. The van der Waals surface area contributed by atoms with Gasteiger partial charge in [0, 0.05) is 34.4 Å². The fourth-order valence-electron chi connectivity index (χ4n) is 3.33. The number of benzene rings is 3. The van der Waals surface area contributed by atoms with E-state index in [1.165, 1.54) is 0 Å². The number of anilines is 5. The summed E-state index contributed by atoms with van der Waals surface area (Å²) >= 11 is 0. The van der Waals surface area contributed by atoms with Gasteiger partial charge >= 0.3 is 0 Å². The van der Waals surface area contributed by atoms with Gasteiger partial charge in [-0.05, 0) is 67.6 Å². The molecule has 3 aromatic carbocycles. The standard InChI is InChI=1S/C27H26N6O3/c1-18-16-24(30-20-12-14-23(36-2)15-13-20)33-27(29-18)32-22-10-8-21(9-11-22)31-25(34)17-28-26(35)19-6-4-3-5-7-19/h3-16H,17H2,1-2H3,(H,28,35)(H,31,34)(H2,29,30,32,33). The third-order valence-corrected chi connectivity index (χ3v) is 5.09. The number of carbonyl (C=O) groups is 2. The molecule has 4 rings (SSSR count). The van der Waals surface area contributed by atoms with E-state index in [1.54, 1.807) is 55.6 Å². The number of rotatable bonds is 9. The molecule has 0 bridgehead atoms. The first kappa shape index (κ1) is 24.2. The highest BCUT2D eigenvalue weighted by Crippen LogP contribution is 2.22. The molecule has 0 spiro atoms. The van der Waals surface area contributed by atoms with E-state index in [-0.39, 0.29) is 18.4 Å². The van der Waals surface area contributed by atoms with E-state index in [2.05, 4.69) is 31.2 Å². The Bertz CT molecular complexity index is 1330. The van der Waals surface area contributed by atoms with E-state index in [0.717, 1.165) is 22.8 Å². The molecule has 4 N–H and O–H groups in total. The predicted octanol–water partition coefficient (Wildman–Crippen LogP) is 4.65. The van der Waals surface area contributed by atoms with Gasteiger partial charge < -0.3 is 26.0 Å². The zero-order valence-corrected chi connectivity index (χ0v) is 19.9. The van der Waals surface area contributed by atoms with Gasteiger partial charge in [0.15, 0.2) is 0 Å². The van der Waals surface area contributed by atoms with Gasteiger partial charge in [0.2, 0.25) is 11.9 Å². The van der Waals surface area contributed by atoms with E-state index in [1.807, 2.05) is 43.3 Å². The molecule has 182 valence electrons. The smallest absolute Gasteiger partial charge is 0.251 e. The first-order valence-electron chi connectivity index (χ1n) is 11.3. The van der Waals surface area contributed by atoms with Gasteiger partial charge in [0.1, 0.15) is 11.6 Å². The van der Waals surface area contributed by atoms with Crippen LogP contribution in [0, 0.1) is 6.92 Å². The number of amides is 2. The Morgan fingerprint density at radius 2 is 1.44 bits per heavy atom. The second-order valence-electron chi connectivity index (χ2n) is 7.87. The van der Waals surface area contributed by atoms with Gasteiger partial charge in [0.05, 0.1) is 13.7 Å².